The minimum absolute atomic E-state index is 0.0658. The lowest BCUT2D eigenvalue weighted by molar-refractivity contribution is -0.129. The smallest absolute Gasteiger partial charge is 0.227 e. The lowest BCUT2D eigenvalue weighted by Gasteiger charge is -2.17. The largest absolute Gasteiger partial charge is 0.497 e. The second-order valence-corrected chi connectivity index (χ2v) is 8.94. The van der Waals surface area contributed by atoms with Crippen molar-refractivity contribution in [2.45, 2.75) is 23.0 Å². The molecule has 1 saturated heterocycles. The Bertz CT molecular complexity index is 879. The molecule has 138 valence electrons. The van der Waals surface area contributed by atoms with Crippen LogP contribution in [0.1, 0.15) is 12.0 Å². The highest BCUT2D eigenvalue weighted by Gasteiger charge is 2.35. The van der Waals surface area contributed by atoms with Crippen molar-refractivity contribution in [1.29, 1.82) is 0 Å². The fourth-order valence-corrected chi connectivity index (χ4v) is 4.87. The summed E-state index contributed by atoms with van der Waals surface area (Å²) in [4.78, 5) is 14.4. The summed E-state index contributed by atoms with van der Waals surface area (Å²) < 4.78 is 30.6. The SMILES string of the molecule is COc1ccc(CC(=O)N2CC[C@H](S(=O)(=O)c3ccc(Cl)cc3)C2)cc1. The molecular weight excluding hydrogens is 374 g/mol. The Labute approximate surface area is 158 Å². The van der Waals surface area contributed by atoms with Gasteiger partial charge in [-0.1, -0.05) is 23.7 Å². The number of hydrogen-bond donors (Lipinski definition) is 0. The number of halogens is 1. The molecule has 0 N–H and O–H groups in total. The molecule has 2 aromatic carbocycles. The Balaban J connectivity index is 1.65. The molecule has 0 radical (unpaired) electrons. The van der Waals surface area contributed by atoms with Crippen molar-refractivity contribution in [1.82, 2.24) is 4.90 Å². The van der Waals surface area contributed by atoms with Gasteiger partial charge in [-0.25, -0.2) is 8.42 Å². The first-order valence-electron chi connectivity index (χ1n) is 8.30. The third-order valence-electron chi connectivity index (χ3n) is 4.59. The number of carbonyl (C=O) groups is 1. The van der Waals surface area contributed by atoms with Crippen molar-refractivity contribution in [3.8, 4) is 5.75 Å². The van der Waals surface area contributed by atoms with Crippen molar-refractivity contribution < 1.29 is 17.9 Å². The zero-order valence-electron chi connectivity index (χ0n) is 14.4. The number of carbonyl (C=O) groups excluding carboxylic acids is 1. The second kappa shape index (κ2) is 7.68. The Morgan fingerprint density at radius 1 is 1.15 bits per heavy atom. The molecule has 3 rings (SSSR count). The van der Waals surface area contributed by atoms with Gasteiger partial charge in [0.2, 0.25) is 5.91 Å². The monoisotopic (exact) mass is 393 g/mol. The van der Waals surface area contributed by atoms with E-state index in [1.54, 1.807) is 36.3 Å². The van der Waals surface area contributed by atoms with Gasteiger partial charge in [0.05, 0.1) is 23.7 Å². The Hall–Kier alpha value is -2.05. The molecule has 1 aliphatic rings. The number of likely N-dealkylation sites (tertiary alicyclic amines) is 1. The molecule has 0 bridgehead atoms. The van der Waals surface area contributed by atoms with Gasteiger partial charge in [-0.2, -0.15) is 0 Å². The zero-order valence-corrected chi connectivity index (χ0v) is 16.0. The molecule has 1 heterocycles. The summed E-state index contributed by atoms with van der Waals surface area (Å²) in [6, 6.07) is 13.5. The van der Waals surface area contributed by atoms with Crippen LogP contribution >= 0.6 is 11.6 Å². The van der Waals surface area contributed by atoms with Gasteiger partial charge in [0.1, 0.15) is 5.75 Å². The normalized spacial score (nSPS) is 17.3. The minimum Gasteiger partial charge on any atom is -0.497 e. The van der Waals surface area contributed by atoms with Gasteiger partial charge < -0.3 is 9.64 Å². The quantitative estimate of drug-likeness (QED) is 0.783. The first-order chi connectivity index (χ1) is 12.4. The van der Waals surface area contributed by atoms with Gasteiger partial charge in [0, 0.05) is 18.1 Å². The van der Waals surface area contributed by atoms with Gasteiger partial charge in [-0.15, -0.1) is 0 Å². The average molecular weight is 394 g/mol. The zero-order chi connectivity index (χ0) is 18.7. The van der Waals surface area contributed by atoms with E-state index >= 15 is 0 Å². The van der Waals surface area contributed by atoms with Crippen LogP contribution in [0.15, 0.2) is 53.4 Å². The van der Waals surface area contributed by atoms with Crippen LogP contribution in [-0.2, 0) is 21.1 Å². The van der Waals surface area contributed by atoms with E-state index in [9.17, 15) is 13.2 Å². The van der Waals surface area contributed by atoms with Crippen molar-refractivity contribution in [3.63, 3.8) is 0 Å². The molecule has 1 aliphatic heterocycles. The summed E-state index contributed by atoms with van der Waals surface area (Å²) in [5, 5.41) is -0.0878. The number of methoxy groups -OCH3 is 1. The van der Waals surface area contributed by atoms with Crippen LogP contribution in [0.5, 0.6) is 5.75 Å². The average Bonchev–Trinajstić information content (AvgIpc) is 3.14. The Morgan fingerprint density at radius 2 is 1.81 bits per heavy atom. The molecule has 0 aliphatic carbocycles. The molecule has 0 unspecified atom stereocenters. The van der Waals surface area contributed by atoms with E-state index < -0.39 is 15.1 Å². The molecule has 0 spiro atoms. The first-order valence-corrected chi connectivity index (χ1v) is 10.2. The molecule has 1 atom stereocenters. The predicted molar refractivity (Wildman–Crippen MR) is 100 cm³/mol. The lowest BCUT2D eigenvalue weighted by atomic mass is 10.1. The summed E-state index contributed by atoms with van der Waals surface area (Å²) >= 11 is 5.83. The standard InChI is InChI=1S/C19H20ClNO4S/c1-25-16-6-2-14(3-7-16)12-19(22)21-11-10-18(13-21)26(23,24)17-8-4-15(20)5-9-17/h2-9,18H,10-13H2,1H3/t18-/m0/s1. The summed E-state index contributed by atoms with van der Waals surface area (Å²) in [6.07, 6.45) is 0.691. The molecule has 1 amide bonds. The minimum atomic E-state index is -3.47. The van der Waals surface area contributed by atoms with E-state index in [1.165, 1.54) is 12.1 Å². The van der Waals surface area contributed by atoms with Gasteiger partial charge in [0.15, 0.2) is 9.84 Å². The molecule has 26 heavy (non-hydrogen) atoms. The van der Waals surface area contributed by atoms with E-state index in [0.29, 0.717) is 18.0 Å². The highest BCUT2D eigenvalue weighted by atomic mass is 35.5. The maximum atomic E-state index is 12.7. The number of amides is 1. The molecule has 7 heteroatoms. The van der Waals surface area contributed by atoms with Crippen LogP contribution in [0.2, 0.25) is 5.02 Å². The van der Waals surface area contributed by atoms with Crippen LogP contribution in [-0.4, -0.2) is 44.7 Å². The van der Waals surface area contributed by atoms with Gasteiger partial charge in [0.25, 0.3) is 0 Å². The topological polar surface area (TPSA) is 63.7 Å². The van der Waals surface area contributed by atoms with Crippen LogP contribution in [0.4, 0.5) is 0 Å². The first kappa shape index (κ1) is 18.7. The molecule has 1 fully saturated rings. The number of benzene rings is 2. The molecule has 5 nitrogen and oxygen atoms in total. The van der Waals surface area contributed by atoms with Crippen molar-refractivity contribution in [2.24, 2.45) is 0 Å². The predicted octanol–water partition coefficient (Wildman–Crippen LogP) is 2.97. The van der Waals surface area contributed by atoms with E-state index in [4.69, 9.17) is 16.3 Å². The van der Waals surface area contributed by atoms with Gasteiger partial charge >= 0.3 is 0 Å². The Morgan fingerprint density at radius 3 is 2.42 bits per heavy atom. The van der Waals surface area contributed by atoms with Crippen LogP contribution in [0, 0.1) is 0 Å². The van der Waals surface area contributed by atoms with E-state index in [1.807, 2.05) is 12.1 Å². The maximum Gasteiger partial charge on any atom is 0.227 e. The summed E-state index contributed by atoms with van der Waals surface area (Å²) in [5.41, 5.74) is 0.875. The van der Waals surface area contributed by atoms with E-state index in [2.05, 4.69) is 0 Å². The van der Waals surface area contributed by atoms with Crippen molar-refractivity contribution >= 4 is 27.3 Å². The van der Waals surface area contributed by atoms with Crippen LogP contribution < -0.4 is 4.74 Å². The maximum absolute atomic E-state index is 12.7. The molecule has 0 aromatic heterocycles. The van der Waals surface area contributed by atoms with Crippen LogP contribution in [0.25, 0.3) is 0 Å². The highest BCUT2D eigenvalue weighted by Crippen LogP contribution is 2.25. The third-order valence-corrected chi connectivity index (χ3v) is 7.04. The summed E-state index contributed by atoms with van der Waals surface area (Å²) in [7, 11) is -1.88. The highest BCUT2D eigenvalue weighted by molar-refractivity contribution is 7.92. The number of rotatable bonds is 5. The number of sulfone groups is 1. The third kappa shape index (κ3) is 4.02. The van der Waals surface area contributed by atoms with Gasteiger partial charge in [-0.3, -0.25) is 4.79 Å². The van der Waals surface area contributed by atoms with E-state index in [0.717, 1.165) is 11.3 Å². The Kier molecular flexibility index (Phi) is 5.53. The van der Waals surface area contributed by atoms with E-state index in [-0.39, 0.29) is 23.8 Å². The number of hydrogen-bond acceptors (Lipinski definition) is 4. The lowest BCUT2D eigenvalue weighted by Crippen LogP contribution is -2.32. The van der Waals surface area contributed by atoms with Gasteiger partial charge in [-0.05, 0) is 48.4 Å². The number of nitrogens with zero attached hydrogens (tertiary/aromatic N) is 1. The summed E-state index contributed by atoms with van der Waals surface area (Å²) in [6.45, 7) is 0.673. The van der Waals surface area contributed by atoms with Crippen LogP contribution in [0.3, 0.4) is 0 Å². The van der Waals surface area contributed by atoms with Crippen molar-refractivity contribution in [2.75, 3.05) is 20.2 Å². The molecular formula is C19H20ClNO4S. The fourth-order valence-electron chi connectivity index (χ4n) is 3.05. The number of ether oxygens (including phenoxy) is 1. The second-order valence-electron chi connectivity index (χ2n) is 6.27. The summed E-state index contributed by atoms with van der Waals surface area (Å²) in [5.74, 6) is 0.667. The fraction of sp³-hybridized carbons (Fsp3) is 0.316. The molecule has 2 aromatic rings. The van der Waals surface area contributed by atoms with Crippen molar-refractivity contribution in [3.05, 3.63) is 59.1 Å². The molecule has 0 saturated carbocycles.